The molecule has 0 spiro atoms. The Kier molecular flexibility index (Phi) is 3.67. The molecule has 0 aliphatic heterocycles. The summed E-state index contributed by atoms with van der Waals surface area (Å²) in [6.45, 7) is 0. The molecule has 1 aliphatic carbocycles. The van der Waals surface area contributed by atoms with Gasteiger partial charge in [-0.1, -0.05) is 0 Å². The van der Waals surface area contributed by atoms with Crippen LogP contribution in [-0.4, -0.2) is 13.9 Å². The summed E-state index contributed by atoms with van der Waals surface area (Å²) in [6, 6.07) is 3.46. The van der Waals surface area contributed by atoms with Crippen molar-refractivity contribution in [3.05, 3.63) is 40.7 Å². The van der Waals surface area contributed by atoms with E-state index in [0.717, 1.165) is 18.2 Å². The first-order chi connectivity index (χ1) is 9.65. The average molecular weight is 321 g/mol. The van der Waals surface area contributed by atoms with Crippen LogP contribution < -0.4 is 0 Å². The molecule has 21 heavy (non-hydrogen) atoms. The first kappa shape index (κ1) is 15.3. The molecule has 2 rings (SSSR count). The van der Waals surface area contributed by atoms with E-state index in [4.69, 9.17) is 5.26 Å². The van der Waals surface area contributed by atoms with Crippen LogP contribution in [0.15, 0.2) is 18.2 Å². The molecular formula is C12H7F4NO3S. The number of hydrogen-bond acceptors (Lipinski definition) is 4. The van der Waals surface area contributed by atoms with Crippen LogP contribution in [0.1, 0.15) is 23.1 Å². The summed E-state index contributed by atoms with van der Waals surface area (Å²) >= 11 is 0. The van der Waals surface area contributed by atoms with Crippen LogP contribution in [0.3, 0.4) is 0 Å². The number of allylic oxidation sites excluding steroid dienone is 1. The van der Waals surface area contributed by atoms with Crippen molar-refractivity contribution in [2.45, 2.75) is 18.3 Å². The Balaban J connectivity index is 2.52. The average Bonchev–Trinajstić information content (AvgIpc) is 2.35. The molecule has 9 heteroatoms. The van der Waals surface area contributed by atoms with E-state index in [1.807, 2.05) is 0 Å². The van der Waals surface area contributed by atoms with Gasteiger partial charge in [-0.05, 0) is 36.6 Å². The number of aryl methyl sites for hydroxylation is 1. The van der Waals surface area contributed by atoms with Gasteiger partial charge in [-0.2, -0.15) is 26.9 Å². The van der Waals surface area contributed by atoms with E-state index in [9.17, 15) is 26.0 Å². The maximum absolute atomic E-state index is 13.3. The highest BCUT2D eigenvalue weighted by Crippen LogP contribution is 2.35. The highest BCUT2D eigenvalue weighted by atomic mass is 32.2. The number of halogens is 4. The number of rotatable bonds is 2. The molecule has 4 nitrogen and oxygen atoms in total. The molecule has 112 valence electrons. The van der Waals surface area contributed by atoms with E-state index >= 15 is 0 Å². The van der Waals surface area contributed by atoms with Crippen LogP contribution in [0, 0.1) is 17.1 Å². The third-order valence-corrected chi connectivity index (χ3v) is 3.74. The third-order valence-electron chi connectivity index (χ3n) is 2.78. The predicted molar refractivity (Wildman–Crippen MR) is 63.5 cm³/mol. The SMILES string of the molecule is N#Cc1cc(F)cc2c1C(OS(=O)(=O)C(F)(F)F)=CCC2. The number of nitriles is 1. The summed E-state index contributed by atoms with van der Waals surface area (Å²) in [5.74, 6) is -1.34. The normalized spacial score (nSPS) is 14.9. The van der Waals surface area contributed by atoms with E-state index < -0.39 is 27.2 Å². The Morgan fingerprint density at radius 1 is 1.29 bits per heavy atom. The van der Waals surface area contributed by atoms with Crippen molar-refractivity contribution in [3.8, 4) is 6.07 Å². The Bertz CT molecular complexity index is 760. The lowest BCUT2D eigenvalue weighted by Crippen LogP contribution is -2.25. The van der Waals surface area contributed by atoms with Gasteiger partial charge in [-0.15, -0.1) is 0 Å². The van der Waals surface area contributed by atoms with Gasteiger partial charge in [0.2, 0.25) is 0 Å². The lowest BCUT2D eigenvalue weighted by molar-refractivity contribution is -0.0509. The molecular weight excluding hydrogens is 314 g/mol. The molecule has 0 bridgehead atoms. The highest BCUT2D eigenvalue weighted by molar-refractivity contribution is 7.87. The fourth-order valence-electron chi connectivity index (χ4n) is 1.94. The molecule has 0 aromatic heterocycles. The van der Waals surface area contributed by atoms with Gasteiger partial charge < -0.3 is 4.18 Å². The Hall–Kier alpha value is -2.08. The minimum absolute atomic E-state index is 0.127. The molecule has 1 aliphatic rings. The first-order valence-electron chi connectivity index (χ1n) is 5.59. The summed E-state index contributed by atoms with van der Waals surface area (Å²) in [5, 5.41) is 8.92. The quantitative estimate of drug-likeness (QED) is 0.477. The number of hydrogen-bond donors (Lipinski definition) is 0. The monoisotopic (exact) mass is 321 g/mol. The smallest absolute Gasteiger partial charge is 0.376 e. The molecule has 0 unspecified atom stereocenters. The van der Waals surface area contributed by atoms with Gasteiger partial charge in [0, 0.05) is 5.56 Å². The Morgan fingerprint density at radius 3 is 2.52 bits per heavy atom. The van der Waals surface area contributed by atoms with Crippen LogP contribution >= 0.6 is 0 Å². The fourth-order valence-corrected chi connectivity index (χ4v) is 2.42. The summed E-state index contributed by atoms with van der Waals surface area (Å²) in [5.41, 5.74) is -5.77. The molecule has 0 N–H and O–H groups in total. The van der Waals surface area contributed by atoms with Gasteiger partial charge in [0.15, 0.2) is 0 Å². The van der Waals surface area contributed by atoms with Gasteiger partial charge in [0.05, 0.1) is 5.56 Å². The van der Waals surface area contributed by atoms with Gasteiger partial charge in [-0.25, -0.2) is 4.39 Å². The number of nitrogens with zero attached hydrogens (tertiary/aromatic N) is 1. The van der Waals surface area contributed by atoms with E-state index in [1.165, 1.54) is 0 Å². The summed E-state index contributed by atoms with van der Waals surface area (Å²) in [7, 11) is -5.85. The molecule has 1 aromatic carbocycles. The molecule has 1 aromatic rings. The van der Waals surface area contributed by atoms with Crippen LogP contribution in [0.4, 0.5) is 17.6 Å². The van der Waals surface area contributed by atoms with Crippen LogP contribution in [0.5, 0.6) is 0 Å². The highest BCUT2D eigenvalue weighted by Gasteiger charge is 2.49. The molecule has 0 radical (unpaired) electrons. The maximum atomic E-state index is 13.3. The van der Waals surface area contributed by atoms with Crippen molar-refractivity contribution in [1.29, 1.82) is 5.26 Å². The van der Waals surface area contributed by atoms with Gasteiger partial charge in [-0.3, -0.25) is 0 Å². The van der Waals surface area contributed by atoms with Crippen molar-refractivity contribution in [1.82, 2.24) is 0 Å². The molecule has 0 amide bonds. The molecule has 0 saturated carbocycles. The zero-order valence-electron chi connectivity index (χ0n) is 10.2. The summed E-state index contributed by atoms with van der Waals surface area (Å²) in [4.78, 5) is 0. The van der Waals surface area contributed by atoms with Gasteiger partial charge in [0.25, 0.3) is 0 Å². The third kappa shape index (κ3) is 2.85. The summed E-state index contributed by atoms with van der Waals surface area (Å²) in [6.07, 6.45) is 1.56. The van der Waals surface area contributed by atoms with Gasteiger partial charge >= 0.3 is 15.6 Å². The fraction of sp³-hybridized carbons (Fsp3) is 0.250. The van der Waals surface area contributed by atoms with Crippen LogP contribution in [0.2, 0.25) is 0 Å². The lowest BCUT2D eigenvalue weighted by Gasteiger charge is -2.19. The second-order valence-corrected chi connectivity index (χ2v) is 5.73. The number of benzene rings is 1. The molecule has 0 heterocycles. The Morgan fingerprint density at radius 2 is 1.95 bits per heavy atom. The van der Waals surface area contributed by atoms with Crippen molar-refractivity contribution >= 4 is 15.9 Å². The Labute approximate surface area is 117 Å². The largest absolute Gasteiger partial charge is 0.534 e. The minimum atomic E-state index is -5.85. The number of alkyl halides is 3. The molecule has 0 atom stereocenters. The second-order valence-electron chi connectivity index (χ2n) is 4.19. The second kappa shape index (κ2) is 5.04. The maximum Gasteiger partial charge on any atom is 0.534 e. The van der Waals surface area contributed by atoms with E-state index in [1.54, 1.807) is 6.07 Å². The van der Waals surface area contributed by atoms with Crippen molar-refractivity contribution in [2.24, 2.45) is 0 Å². The van der Waals surface area contributed by atoms with Gasteiger partial charge in [0.1, 0.15) is 17.6 Å². The lowest BCUT2D eigenvalue weighted by atomic mass is 9.92. The van der Waals surface area contributed by atoms with E-state index in [0.29, 0.717) is 0 Å². The standard InChI is InChI=1S/C12H7F4NO3S/c13-9-4-7-2-1-3-10(11(7)8(5-9)6-17)20-21(18,19)12(14,15)16/h3-5H,1-2H2. The molecule has 0 saturated heterocycles. The number of fused-ring (bicyclic) bond motifs is 1. The van der Waals surface area contributed by atoms with Crippen LogP contribution in [-0.2, 0) is 20.7 Å². The van der Waals surface area contributed by atoms with Crippen molar-refractivity contribution in [2.75, 3.05) is 0 Å². The zero-order chi connectivity index (χ0) is 15.8. The van der Waals surface area contributed by atoms with Crippen molar-refractivity contribution in [3.63, 3.8) is 0 Å². The summed E-state index contributed by atoms with van der Waals surface area (Å²) < 4.78 is 76.5. The topological polar surface area (TPSA) is 67.2 Å². The van der Waals surface area contributed by atoms with E-state index in [2.05, 4.69) is 4.18 Å². The van der Waals surface area contributed by atoms with E-state index in [-0.39, 0.29) is 29.5 Å². The predicted octanol–water partition coefficient (Wildman–Crippen LogP) is 2.85. The van der Waals surface area contributed by atoms with Crippen LogP contribution in [0.25, 0.3) is 5.76 Å². The van der Waals surface area contributed by atoms with Crippen molar-refractivity contribution < 1.29 is 30.2 Å². The molecule has 0 fully saturated rings. The first-order valence-corrected chi connectivity index (χ1v) is 7.00. The zero-order valence-corrected chi connectivity index (χ0v) is 11.1. The minimum Gasteiger partial charge on any atom is -0.376 e.